The minimum Gasteiger partial charge on any atom is -0.481 e. The Morgan fingerprint density at radius 3 is 2.64 bits per heavy atom. The zero-order valence-electron chi connectivity index (χ0n) is 15.8. The number of carboxylic acid groups (broad SMARTS) is 1. The smallest absolute Gasteiger partial charge is 0.317 e. The van der Waals surface area contributed by atoms with Gasteiger partial charge in [-0.25, -0.2) is 4.79 Å². The highest BCUT2D eigenvalue weighted by molar-refractivity contribution is 5.75. The zero-order chi connectivity index (χ0) is 20.0. The molecule has 2 aromatic rings. The van der Waals surface area contributed by atoms with Crippen LogP contribution in [0.3, 0.4) is 0 Å². The number of hydrogen-bond donors (Lipinski definition) is 2. The normalized spacial score (nSPS) is 16.0. The molecule has 0 atom stereocenters. The fourth-order valence-corrected chi connectivity index (χ4v) is 3.25. The third kappa shape index (κ3) is 4.66. The molecular formula is C19H24N4O5. The van der Waals surface area contributed by atoms with Crippen molar-refractivity contribution < 1.29 is 24.0 Å². The topological polar surface area (TPSA) is 118 Å². The predicted octanol–water partition coefficient (Wildman–Crippen LogP) is 1.78. The zero-order valence-corrected chi connectivity index (χ0v) is 15.8. The van der Waals surface area contributed by atoms with Crippen LogP contribution in [0.4, 0.5) is 4.79 Å². The van der Waals surface area contributed by atoms with Crippen molar-refractivity contribution in [3.05, 3.63) is 47.6 Å². The quantitative estimate of drug-likeness (QED) is 0.742. The molecule has 1 aliphatic rings. The first-order valence-electron chi connectivity index (χ1n) is 9.19. The van der Waals surface area contributed by atoms with Crippen LogP contribution in [0, 0.1) is 0 Å². The van der Waals surface area contributed by atoms with E-state index in [1.165, 1.54) is 0 Å². The van der Waals surface area contributed by atoms with E-state index in [0.717, 1.165) is 5.56 Å². The summed E-state index contributed by atoms with van der Waals surface area (Å²) in [6.45, 7) is 0.999. The number of urea groups is 1. The number of hydrogen-bond acceptors (Lipinski definition) is 6. The van der Waals surface area contributed by atoms with E-state index >= 15 is 0 Å². The second-order valence-electron chi connectivity index (χ2n) is 6.74. The monoisotopic (exact) mass is 388 g/mol. The van der Waals surface area contributed by atoms with Crippen molar-refractivity contribution in [1.82, 2.24) is 20.4 Å². The van der Waals surface area contributed by atoms with Gasteiger partial charge in [-0.05, 0) is 5.56 Å². The number of piperidine rings is 1. The molecule has 1 aliphatic heterocycles. The largest absolute Gasteiger partial charge is 0.481 e. The maximum Gasteiger partial charge on any atom is 0.317 e. The van der Waals surface area contributed by atoms with Gasteiger partial charge in [-0.3, -0.25) is 4.79 Å². The Hall–Kier alpha value is -2.94. The van der Waals surface area contributed by atoms with E-state index < -0.39 is 11.6 Å². The van der Waals surface area contributed by atoms with Crippen molar-refractivity contribution >= 4 is 12.0 Å². The molecule has 2 N–H and O–H groups in total. The SMILES string of the molecule is COC1(c2nc(Cc3ccccc3)no2)CCN(C(=O)NCCC(=O)O)CC1. The van der Waals surface area contributed by atoms with Crippen LogP contribution in [0.5, 0.6) is 0 Å². The Morgan fingerprint density at radius 1 is 1.29 bits per heavy atom. The maximum atomic E-state index is 12.2. The highest BCUT2D eigenvalue weighted by atomic mass is 16.5. The summed E-state index contributed by atoms with van der Waals surface area (Å²) in [7, 11) is 1.60. The van der Waals surface area contributed by atoms with E-state index in [1.54, 1.807) is 12.0 Å². The molecule has 0 aliphatic carbocycles. The van der Waals surface area contributed by atoms with E-state index in [-0.39, 0.29) is 19.0 Å². The van der Waals surface area contributed by atoms with E-state index in [1.807, 2.05) is 30.3 Å². The van der Waals surface area contributed by atoms with Crippen LogP contribution in [-0.2, 0) is 21.6 Å². The number of aromatic nitrogens is 2. The number of ether oxygens (including phenoxy) is 1. The Balaban J connectivity index is 1.59. The molecule has 1 aromatic carbocycles. The van der Waals surface area contributed by atoms with Crippen molar-refractivity contribution in [2.75, 3.05) is 26.7 Å². The lowest BCUT2D eigenvalue weighted by atomic mass is 9.91. The molecule has 9 heteroatoms. The number of nitrogens with zero attached hydrogens (tertiary/aromatic N) is 3. The van der Waals surface area contributed by atoms with Crippen molar-refractivity contribution in [2.45, 2.75) is 31.3 Å². The molecule has 0 spiro atoms. The van der Waals surface area contributed by atoms with Gasteiger partial charge in [-0.15, -0.1) is 0 Å². The average Bonchev–Trinajstić information content (AvgIpc) is 3.17. The summed E-state index contributed by atoms with van der Waals surface area (Å²) in [5, 5.41) is 15.3. The van der Waals surface area contributed by atoms with Crippen LogP contribution < -0.4 is 5.32 Å². The number of methoxy groups -OCH3 is 1. The first-order chi connectivity index (χ1) is 13.5. The molecule has 2 amide bonds. The van der Waals surface area contributed by atoms with Crippen LogP contribution in [0.1, 0.15) is 36.5 Å². The van der Waals surface area contributed by atoms with Gasteiger partial charge in [0.2, 0.25) is 0 Å². The lowest BCUT2D eigenvalue weighted by molar-refractivity contribution is -0.136. The van der Waals surface area contributed by atoms with Crippen molar-refractivity contribution in [3.63, 3.8) is 0 Å². The van der Waals surface area contributed by atoms with Gasteiger partial charge >= 0.3 is 12.0 Å². The first-order valence-corrected chi connectivity index (χ1v) is 9.19. The van der Waals surface area contributed by atoms with Crippen molar-refractivity contribution in [1.29, 1.82) is 0 Å². The summed E-state index contributed by atoms with van der Waals surface area (Å²) < 4.78 is 11.2. The maximum absolute atomic E-state index is 12.2. The number of amides is 2. The Morgan fingerprint density at radius 2 is 2.00 bits per heavy atom. The Bertz CT molecular complexity index is 800. The molecule has 3 rings (SSSR count). The number of carbonyl (C=O) groups excluding carboxylic acids is 1. The van der Waals surface area contributed by atoms with E-state index in [2.05, 4.69) is 15.5 Å². The molecule has 0 bridgehead atoms. The van der Waals surface area contributed by atoms with Gasteiger partial charge in [-0.1, -0.05) is 35.5 Å². The minimum atomic E-state index is -0.944. The molecule has 1 fully saturated rings. The summed E-state index contributed by atoms with van der Waals surface area (Å²) in [5.74, 6) is 0.0679. The molecular weight excluding hydrogens is 364 g/mol. The van der Waals surface area contributed by atoms with Crippen molar-refractivity contribution in [3.8, 4) is 0 Å². The van der Waals surface area contributed by atoms with Gasteiger partial charge in [-0.2, -0.15) is 4.98 Å². The summed E-state index contributed by atoms with van der Waals surface area (Å²) in [4.78, 5) is 28.9. The average molecular weight is 388 g/mol. The van der Waals surface area contributed by atoms with Crippen LogP contribution in [0.2, 0.25) is 0 Å². The molecule has 0 unspecified atom stereocenters. The number of aliphatic carboxylic acids is 1. The third-order valence-corrected chi connectivity index (χ3v) is 4.93. The standard InChI is InChI=1S/C19H24N4O5/c1-27-19(8-11-23(12-9-19)18(26)20-10-7-16(24)25)17-21-15(22-28-17)13-14-5-3-2-4-6-14/h2-6H,7-13H2,1H3,(H,20,26)(H,24,25). The minimum absolute atomic E-state index is 0.103. The molecule has 150 valence electrons. The first kappa shape index (κ1) is 19.8. The number of nitrogens with one attached hydrogen (secondary N) is 1. The van der Waals surface area contributed by atoms with Crippen LogP contribution in [0.25, 0.3) is 0 Å². The fraction of sp³-hybridized carbons (Fsp3) is 0.474. The van der Waals surface area contributed by atoms with Gasteiger partial charge in [0.05, 0.1) is 6.42 Å². The summed E-state index contributed by atoms with van der Waals surface area (Å²) >= 11 is 0. The summed E-state index contributed by atoms with van der Waals surface area (Å²) in [6, 6.07) is 9.61. The van der Waals surface area contributed by atoms with Crippen molar-refractivity contribution in [2.24, 2.45) is 0 Å². The van der Waals surface area contributed by atoms with Gasteiger partial charge in [0.15, 0.2) is 5.82 Å². The van der Waals surface area contributed by atoms with Gasteiger partial charge in [0.1, 0.15) is 5.60 Å². The number of carbonyl (C=O) groups is 2. The lowest BCUT2D eigenvalue weighted by Gasteiger charge is -2.38. The van der Waals surface area contributed by atoms with E-state index in [4.69, 9.17) is 14.4 Å². The van der Waals surface area contributed by atoms with Gasteiger partial charge in [0.25, 0.3) is 5.89 Å². The molecule has 9 nitrogen and oxygen atoms in total. The highest BCUT2D eigenvalue weighted by Gasteiger charge is 2.42. The number of carboxylic acids is 1. The van der Waals surface area contributed by atoms with Crippen LogP contribution >= 0.6 is 0 Å². The van der Waals surface area contributed by atoms with Crippen LogP contribution in [-0.4, -0.2) is 58.9 Å². The fourth-order valence-electron chi connectivity index (χ4n) is 3.25. The summed E-state index contributed by atoms with van der Waals surface area (Å²) in [5.41, 5.74) is 0.369. The number of likely N-dealkylation sites (tertiary alicyclic amines) is 1. The number of benzene rings is 1. The molecule has 0 radical (unpaired) electrons. The molecule has 2 heterocycles. The number of rotatable bonds is 7. The lowest BCUT2D eigenvalue weighted by Crippen LogP contribution is -2.49. The van der Waals surface area contributed by atoms with Gasteiger partial charge in [0, 0.05) is 46.0 Å². The molecule has 28 heavy (non-hydrogen) atoms. The van der Waals surface area contributed by atoms with Gasteiger partial charge < -0.3 is 24.6 Å². The second kappa shape index (κ2) is 8.83. The predicted molar refractivity (Wildman–Crippen MR) is 98.7 cm³/mol. The highest BCUT2D eigenvalue weighted by Crippen LogP contribution is 2.35. The van der Waals surface area contributed by atoms with E-state index in [0.29, 0.717) is 44.1 Å². The second-order valence-corrected chi connectivity index (χ2v) is 6.74. The third-order valence-electron chi connectivity index (χ3n) is 4.93. The molecule has 0 saturated carbocycles. The van der Waals surface area contributed by atoms with E-state index in [9.17, 15) is 9.59 Å². The van der Waals surface area contributed by atoms with Crippen LogP contribution in [0.15, 0.2) is 34.9 Å². The Labute approximate surface area is 162 Å². The Kier molecular flexibility index (Phi) is 6.25. The molecule has 1 aromatic heterocycles. The molecule has 1 saturated heterocycles. The summed E-state index contributed by atoms with van der Waals surface area (Å²) in [6.07, 6.45) is 1.50.